The summed E-state index contributed by atoms with van der Waals surface area (Å²) in [6.45, 7) is -0.190. The molecular formula is C11H8F5N5O. The molecule has 0 aliphatic rings. The highest BCUT2D eigenvalue weighted by Gasteiger charge is 2.34. The molecule has 0 aliphatic carbocycles. The Balaban J connectivity index is 2.34. The van der Waals surface area contributed by atoms with Gasteiger partial charge < -0.3 is 5.32 Å². The van der Waals surface area contributed by atoms with Crippen molar-refractivity contribution in [3.63, 3.8) is 0 Å². The van der Waals surface area contributed by atoms with Gasteiger partial charge in [0.1, 0.15) is 11.4 Å². The summed E-state index contributed by atoms with van der Waals surface area (Å²) >= 11 is 0. The number of alkyl halides is 5. The number of carbonyl (C=O) groups excluding carboxylic acids is 1. The minimum Gasteiger partial charge on any atom is -0.354 e. The molecule has 11 heteroatoms. The van der Waals surface area contributed by atoms with Gasteiger partial charge >= 0.3 is 6.18 Å². The van der Waals surface area contributed by atoms with Gasteiger partial charge in [-0.25, -0.2) is 23.4 Å². The number of nitrogens with one attached hydrogen (secondary N) is 1. The average Bonchev–Trinajstić information content (AvgIpc) is 2.88. The summed E-state index contributed by atoms with van der Waals surface area (Å²) in [5.41, 5.74) is -0.580. The standard InChI is InChI=1S/C11H8F5N5O/c12-9(13)8-6(1-17-5-22)4-21(20-8)7-2-18-10(19-3-7)11(14,15)16/h2-5,9H,1H2,(H,17,22). The minimum atomic E-state index is -4.70. The topological polar surface area (TPSA) is 72.7 Å². The smallest absolute Gasteiger partial charge is 0.354 e. The van der Waals surface area contributed by atoms with E-state index in [1.54, 1.807) is 0 Å². The monoisotopic (exact) mass is 321 g/mol. The number of hydrogen-bond acceptors (Lipinski definition) is 4. The molecule has 22 heavy (non-hydrogen) atoms. The van der Waals surface area contributed by atoms with Crippen molar-refractivity contribution >= 4 is 6.41 Å². The molecule has 0 atom stereocenters. The van der Waals surface area contributed by atoms with Gasteiger partial charge in [-0.1, -0.05) is 0 Å². The fraction of sp³-hybridized carbons (Fsp3) is 0.273. The summed E-state index contributed by atoms with van der Waals surface area (Å²) < 4.78 is 63.6. The number of hydrogen-bond donors (Lipinski definition) is 1. The maximum absolute atomic E-state index is 12.8. The Labute approximate surface area is 120 Å². The van der Waals surface area contributed by atoms with E-state index in [0.717, 1.165) is 23.3 Å². The van der Waals surface area contributed by atoms with Crippen LogP contribution in [0, 0.1) is 0 Å². The first-order valence-electron chi connectivity index (χ1n) is 5.76. The third kappa shape index (κ3) is 3.35. The predicted molar refractivity (Wildman–Crippen MR) is 62.0 cm³/mol. The maximum atomic E-state index is 12.8. The van der Waals surface area contributed by atoms with E-state index in [2.05, 4.69) is 20.4 Å². The van der Waals surface area contributed by atoms with Crippen LogP contribution in [0.4, 0.5) is 22.0 Å². The molecule has 0 bridgehead atoms. The van der Waals surface area contributed by atoms with Crippen LogP contribution in [0.1, 0.15) is 23.5 Å². The summed E-state index contributed by atoms with van der Waals surface area (Å²) in [5, 5.41) is 5.78. The van der Waals surface area contributed by atoms with Gasteiger partial charge in [0.05, 0.1) is 12.4 Å². The second kappa shape index (κ2) is 6.03. The van der Waals surface area contributed by atoms with E-state index < -0.39 is 24.1 Å². The van der Waals surface area contributed by atoms with Crippen LogP contribution in [0.3, 0.4) is 0 Å². The summed E-state index contributed by atoms with van der Waals surface area (Å²) in [7, 11) is 0. The maximum Gasteiger partial charge on any atom is 0.451 e. The van der Waals surface area contributed by atoms with E-state index in [1.807, 2.05) is 0 Å². The van der Waals surface area contributed by atoms with Crippen molar-refractivity contribution in [1.29, 1.82) is 0 Å². The second-order valence-electron chi connectivity index (χ2n) is 4.05. The zero-order chi connectivity index (χ0) is 16.3. The molecule has 1 amide bonds. The molecule has 0 saturated heterocycles. The number of halogens is 5. The van der Waals surface area contributed by atoms with Gasteiger partial charge in [-0.2, -0.15) is 18.3 Å². The van der Waals surface area contributed by atoms with Crippen LogP contribution >= 0.6 is 0 Å². The van der Waals surface area contributed by atoms with Crippen molar-refractivity contribution in [2.24, 2.45) is 0 Å². The SMILES string of the molecule is O=CNCc1cn(-c2cnc(C(F)(F)F)nc2)nc1C(F)F. The normalized spacial score (nSPS) is 11.7. The molecule has 2 aromatic heterocycles. The highest BCUT2D eigenvalue weighted by molar-refractivity contribution is 5.46. The number of aromatic nitrogens is 4. The molecule has 0 unspecified atom stereocenters. The predicted octanol–water partition coefficient (Wildman–Crippen LogP) is 1.86. The van der Waals surface area contributed by atoms with Gasteiger partial charge in [0.25, 0.3) is 6.43 Å². The van der Waals surface area contributed by atoms with Crippen LogP contribution in [-0.2, 0) is 17.5 Å². The molecule has 0 aliphatic heterocycles. The summed E-state index contributed by atoms with van der Waals surface area (Å²) in [5.74, 6) is -1.35. The minimum absolute atomic E-state index is 0.0211. The van der Waals surface area contributed by atoms with Crippen LogP contribution in [0.15, 0.2) is 18.6 Å². The molecule has 2 aromatic rings. The fourth-order valence-electron chi connectivity index (χ4n) is 1.61. The molecule has 1 N–H and O–H groups in total. The van der Waals surface area contributed by atoms with Gasteiger partial charge in [-0.3, -0.25) is 4.79 Å². The lowest BCUT2D eigenvalue weighted by atomic mass is 10.2. The van der Waals surface area contributed by atoms with Crippen LogP contribution in [0.25, 0.3) is 5.69 Å². The number of carbonyl (C=O) groups is 1. The van der Waals surface area contributed by atoms with E-state index in [9.17, 15) is 26.7 Å². The van der Waals surface area contributed by atoms with E-state index in [4.69, 9.17) is 0 Å². The van der Waals surface area contributed by atoms with Crippen LogP contribution in [0.5, 0.6) is 0 Å². The lowest BCUT2D eigenvalue weighted by Crippen LogP contribution is -2.11. The Morgan fingerprint density at radius 2 is 1.91 bits per heavy atom. The van der Waals surface area contributed by atoms with Crippen molar-refractivity contribution in [1.82, 2.24) is 25.1 Å². The number of rotatable bonds is 5. The van der Waals surface area contributed by atoms with Gasteiger partial charge in [0.15, 0.2) is 0 Å². The van der Waals surface area contributed by atoms with Crippen molar-refractivity contribution < 1.29 is 26.7 Å². The Kier molecular flexibility index (Phi) is 4.33. The van der Waals surface area contributed by atoms with E-state index in [-0.39, 0.29) is 17.8 Å². The molecule has 0 radical (unpaired) electrons. The summed E-state index contributed by atoms with van der Waals surface area (Å²) in [6, 6.07) is 0. The first-order chi connectivity index (χ1) is 10.3. The molecule has 6 nitrogen and oxygen atoms in total. The van der Waals surface area contributed by atoms with Gasteiger partial charge in [0.2, 0.25) is 12.2 Å². The number of amides is 1. The summed E-state index contributed by atoms with van der Waals surface area (Å²) in [6.07, 6.45) is -4.49. The Morgan fingerprint density at radius 1 is 1.27 bits per heavy atom. The Morgan fingerprint density at radius 3 is 2.41 bits per heavy atom. The molecule has 0 spiro atoms. The van der Waals surface area contributed by atoms with E-state index in [1.165, 1.54) is 0 Å². The highest BCUT2D eigenvalue weighted by atomic mass is 19.4. The van der Waals surface area contributed by atoms with Crippen LogP contribution < -0.4 is 5.32 Å². The average molecular weight is 321 g/mol. The summed E-state index contributed by atoms with van der Waals surface area (Å²) in [4.78, 5) is 16.4. The molecule has 2 rings (SSSR count). The fourth-order valence-corrected chi connectivity index (χ4v) is 1.61. The zero-order valence-electron chi connectivity index (χ0n) is 10.7. The van der Waals surface area contributed by atoms with Crippen molar-refractivity contribution in [2.75, 3.05) is 0 Å². The molecule has 118 valence electrons. The Bertz CT molecular complexity index is 652. The Hall–Kier alpha value is -2.59. The van der Waals surface area contributed by atoms with Crippen molar-refractivity contribution in [3.05, 3.63) is 35.7 Å². The molecule has 2 heterocycles. The van der Waals surface area contributed by atoms with E-state index in [0.29, 0.717) is 6.41 Å². The zero-order valence-corrected chi connectivity index (χ0v) is 10.7. The molecular weight excluding hydrogens is 313 g/mol. The van der Waals surface area contributed by atoms with Gasteiger partial charge in [-0.05, 0) is 0 Å². The van der Waals surface area contributed by atoms with Gasteiger partial charge in [0, 0.05) is 18.3 Å². The number of nitrogens with zero attached hydrogens (tertiary/aromatic N) is 4. The molecule has 0 fully saturated rings. The van der Waals surface area contributed by atoms with Gasteiger partial charge in [-0.15, -0.1) is 0 Å². The quantitative estimate of drug-likeness (QED) is 0.674. The van der Waals surface area contributed by atoms with E-state index >= 15 is 0 Å². The molecule has 0 aromatic carbocycles. The van der Waals surface area contributed by atoms with Crippen molar-refractivity contribution in [3.8, 4) is 5.69 Å². The van der Waals surface area contributed by atoms with Crippen LogP contribution in [-0.4, -0.2) is 26.2 Å². The highest BCUT2D eigenvalue weighted by Crippen LogP contribution is 2.26. The first kappa shape index (κ1) is 15.8. The van der Waals surface area contributed by atoms with Crippen LogP contribution in [0.2, 0.25) is 0 Å². The third-order valence-corrected chi connectivity index (χ3v) is 2.56. The third-order valence-electron chi connectivity index (χ3n) is 2.56. The lowest BCUT2D eigenvalue weighted by Gasteiger charge is -2.05. The first-order valence-corrected chi connectivity index (χ1v) is 5.76. The second-order valence-corrected chi connectivity index (χ2v) is 4.05. The molecule has 0 saturated carbocycles. The lowest BCUT2D eigenvalue weighted by molar-refractivity contribution is -0.145. The van der Waals surface area contributed by atoms with Crippen molar-refractivity contribution in [2.45, 2.75) is 19.1 Å². The largest absolute Gasteiger partial charge is 0.451 e.